The zero-order valence-corrected chi connectivity index (χ0v) is 10.2. The Morgan fingerprint density at radius 2 is 2.27 bits per heavy atom. The Morgan fingerprint density at radius 1 is 1.40 bits per heavy atom. The molecule has 1 heterocycles. The van der Waals surface area contributed by atoms with Crippen LogP contribution < -0.4 is 5.32 Å². The van der Waals surface area contributed by atoms with Gasteiger partial charge in [-0.25, -0.2) is 4.39 Å². The highest BCUT2D eigenvalue weighted by Gasteiger charge is 2.13. The van der Waals surface area contributed by atoms with Crippen LogP contribution in [-0.4, -0.2) is 12.6 Å². The standard InChI is InChI=1S/C12H15BrFN/c13-11-8-9(4-5-12(11)14)7-10-3-1-2-6-15-10/h4-5,8,10,15H,1-3,6-7H2. The van der Waals surface area contributed by atoms with Gasteiger partial charge in [0.05, 0.1) is 4.47 Å². The van der Waals surface area contributed by atoms with Crippen LogP contribution in [0.3, 0.4) is 0 Å². The van der Waals surface area contributed by atoms with Crippen LogP contribution in [0.4, 0.5) is 4.39 Å². The van der Waals surface area contributed by atoms with Crippen molar-refractivity contribution in [2.75, 3.05) is 6.54 Å². The van der Waals surface area contributed by atoms with Crippen molar-refractivity contribution in [1.29, 1.82) is 0 Å². The third-order valence-electron chi connectivity index (χ3n) is 2.88. The first-order valence-corrected chi connectivity index (χ1v) is 6.22. The predicted molar refractivity (Wildman–Crippen MR) is 63.4 cm³/mol. The Kier molecular flexibility index (Phi) is 3.76. The molecule has 0 radical (unpaired) electrons. The number of rotatable bonds is 2. The quantitative estimate of drug-likeness (QED) is 0.871. The minimum Gasteiger partial charge on any atom is -0.314 e. The smallest absolute Gasteiger partial charge is 0.137 e. The van der Waals surface area contributed by atoms with Gasteiger partial charge in [-0.05, 0) is 59.4 Å². The van der Waals surface area contributed by atoms with Gasteiger partial charge in [0, 0.05) is 6.04 Å². The third-order valence-corrected chi connectivity index (χ3v) is 3.49. The summed E-state index contributed by atoms with van der Waals surface area (Å²) < 4.78 is 13.6. The Labute approximate surface area is 98.2 Å². The van der Waals surface area contributed by atoms with Crippen molar-refractivity contribution in [2.24, 2.45) is 0 Å². The van der Waals surface area contributed by atoms with E-state index in [1.54, 1.807) is 0 Å². The predicted octanol–water partition coefficient (Wildman–Crippen LogP) is 3.27. The summed E-state index contributed by atoms with van der Waals surface area (Å²) in [5.41, 5.74) is 1.20. The van der Waals surface area contributed by atoms with E-state index in [0.29, 0.717) is 10.5 Å². The van der Waals surface area contributed by atoms with Crippen LogP contribution in [0.5, 0.6) is 0 Å². The first-order chi connectivity index (χ1) is 7.25. The molecule has 1 unspecified atom stereocenters. The van der Waals surface area contributed by atoms with Gasteiger partial charge in [-0.3, -0.25) is 0 Å². The van der Waals surface area contributed by atoms with Crippen molar-refractivity contribution in [2.45, 2.75) is 31.7 Å². The second kappa shape index (κ2) is 5.08. The van der Waals surface area contributed by atoms with Gasteiger partial charge >= 0.3 is 0 Å². The lowest BCUT2D eigenvalue weighted by Crippen LogP contribution is -2.35. The van der Waals surface area contributed by atoms with Crippen molar-refractivity contribution >= 4 is 15.9 Å². The van der Waals surface area contributed by atoms with Crippen LogP contribution in [0.2, 0.25) is 0 Å². The number of hydrogen-bond donors (Lipinski definition) is 1. The zero-order valence-electron chi connectivity index (χ0n) is 8.60. The molecule has 3 heteroatoms. The summed E-state index contributed by atoms with van der Waals surface area (Å²) >= 11 is 3.22. The summed E-state index contributed by atoms with van der Waals surface area (Å²) in [6.45, 7) is 1.12. The number of halogens is 2. The fourth-order valence-electron chi connectivity index (χ4n) is 2.05. The summed E-state index contributed by atoms with van der Waals surface area (Å²) in [7, 11) is 0. The molecule has 2 rings (SSSR count). The van der Waals surface area contributed by atoms with Gasteiger partial charge in [0.15, 0.2) is 0 Å². The van der Waals surface area contributed by atoms with E-state index in [4.69, 9.17) is 0 Å². The minimum atomic E-state index is -0.185. The first kappa shape index (κ1) is 11.1. The topological polar surface area (TPSA) is 12.0 Å². The maximum atomic E-state index is 13.0. The van der Waals surface area contributed by atoms with Gasteiger partial charge in [0.25, 0.3) is 0 Å². The molecule has 0 amide bonds. The zero-order chi connectivity index (χ0) is 10.7. The Hall–Kier alpha value is -0.410. The second-order valence-electron chi connectivity index (χ2n) is 4.10. The fraction of sp³-hybridized carbons (Fsp3) is 0.500. The molecule has 1 fully saturated rings. The minimum absolute atomic E-state index is 0.185. The second-order valence-corrected chi connectivity index (χ2v) is 4.95. The summed E-state index contributed by atoms with van der Waals surface area (Å²) in [6, 6.07) is 5.85. The molecule has 0 saturated carbocycles. The van der Waals surface area contributed by atoms with Crippen molar-refractivity contribution in [3.05, 3.63) is 34.1 Å². The van der Waals surface area contributed by atoms with Crippen LogP contribution in [0.1, 0.15) is 24.8 Å². The average Bonchev–Trinajstić information content (AvgIpc) is 2.25. The van der Waals surface area contributed by atoms with Crippen LogP contribution in [0.25, 0.3) is 0 Å². The van der Waals surface area contributed by atoms with Crippen LogP contribution in [-0.2, 0) is 6.42 Å². The van der Waals surface area contributed by atoms with E-state index >= 15 is 0 Å². The molecule has 0 aliphatic carbocycles. The van der Waals surface area contributed by atoms with Gasteiger partial charge in [-0.2, -0.15) is 0 Å². The average molecular weight is 272 g/mol. The maximum Gasteiger partial charge on any atom is 0.137 e. The van der Waals surface area contributed by atoms with E-state index in [1.807, 2.05) is 12.1 Å². The van der Waals surface area contributed by atoms with Gasteiger partial charge in [0.1, 0.15) is 5.82 Å². The molecule has 0 bridgehead atoms. The molecule has 1 aromatic rings. The first-order valence-electron chi connectivity index (χ1n) is 5.43. The number of piperidine rings is 1. The fourth-order valence-corrected chi connectivity index (χ4v) is 2.48. The molecule has 1 atom stereocenters. The van der Waals surface area contributed by atoms with E-state index in [0.717, 1.165) is 13.0 Å². The van der Waals surface area contributed by atoms with E-state index in [2.05, 4.69) is 21.2 Å². The third kappa shape index (κ3) is 3.02. The van der Waals surface area contributed by atoms with Crippen LogP contribution in [0, 0.1) is 5.82 Å². The van der Waals surface area contributed by atoms with Crippen molar-refractivity contribution in [1.82, 2.24) is 5.32 Å². The maximum absolute atomic E-state index is 13.0. The van der Waals surface area contributed by atoms with E-state index < -0.39 is 0 Å². The highest BCUT2D eigenvalue weighted by Crippen LogP contribution is 2.19. The monoisotopic (exact) mass is 271 g/mol. The molecule has 1 nitrogen and oxygen atoms in total. The molecule has 1 saturated heterocycles. The lowest BCUT2D eigenvalue weighted by Gasteiger charge is -2.23. The Balaban J connectivity index is 2.00. The molecule has 1 aliphatic heterocycles. The summed E-state index contributed by atoms with van der Waals surface area (Å²) in [4.78, 5) is 0. The molecule has 0 aromatic heterocycles. The molecule has 1 aromatic carbocycles. The molecule has 15 heavy (non-hydrogen) atoms. The molecular formula is C12H15BrFN. The summed E-state index contributed by atoms with van der Waals surface area (Å²) in [6.07, 6.45) is 4.82. The van der Waals surface area contributed by atoms with Crippen molar-refractivity contribution in [3.8, 4) is 0 Å². The van der Waals surface area contributed by atoms with Crippen LogP contribution >= 0.6 is 15.9 Å². The van der Waals surface area contributed by atoms with Gasteiger partial charge in [0.2, 0.25) is 0 Å². The normalized spacial score (nSPS) is 21.6. The Morgan fingerprint density at radius 3 is 2.93 bits per heavy atom. The van der Waals surface area contributed by atoms with Crippen LogP contribution in [0.15, 0.2) is 22.7 Å². The van der Waals surface area contributed by atoms with E-state index in [1.165, 1.54) is 30.9 Å². The lowest BCUT2D eigenvalue weighted by molar-refractivity contribution is 0.399. The summed E-state index contributed by atoms with van der Waals surface area (Å²) in [5.74, 6) is -0.185. The molecule has 1 N–H and O–H groups in total. The molecule has 1 aliphatic rings. The number of nitrogens with one attached hydrogen (secondary N) is 1. The number of benzene rings is 1. The highest BCUT2D eigenvalue weighted by molar-refractivity contribution is 9.10. The van der Waals surface area contributed by atoms with E-state index in [9.17, 15) is 4.39 Å². The van der Waals surface area contributed by atoms with Crippen molar-refractivity contribution in [3.63, 3.8) is 0 Å². The number of hydrogen-bond acceptors (Lipinski definition) is 1. The van der Waals surface area contributed by atoms with Gasteiger partial charge < -0.3 is 5.32 Å². The molecule has 82 valence electrons. The SMILES string of the molecule is Fc1ccc(CC2CCCCN2)cc1Br. The summed E-state index contributed by atoms with van der Waals surface area (Å²) in [5, 5.41) is 3.49. The van der Waals surface area contributed by atoms with Gasteiger partial charge in [-0.1, -0.05) is 12.5 Å². The van der Waals surface area contributed by atoms with Crippen molar-refractivity contribution < 1.29 is 4.39 Å². The lowest BCUT2D eigenvalue weighted by atomic mass is 9.98. The molecular weight excluding hydrogens is 257 g/mol. The highest BCUT2D eigenvalue weighted by atomic mass is 79.9. The molecule has 0 spiro atoms. The van der Waals surface area contributed by atoms with Gasteiger partial charge in [-0.15, -0.1) is 0 Å². The largest absolute Gasteiger partial charge is 0.314 e. The van der Waals surface area contributed by atoms with E-state index in [-0.39, 0.29) is 5.82 Å². The Bertz CT molecular complexity index is 334.